The molecule has 6 nitrogen and oxygen atoms in total. The van der Waals surface area contributed by atoms with E-state index in [1.807, 2.05) is 0 Å². The molecular weight excluding hydrogens is 190 g/mol. The summed E-state index contributed by atoms with van der Waals surface area (Å²) in [7, 11) is 0. The van der Waals surface area contributed by atoms with Gasteiger partial charge >= 0.3 is 12.1 Å². The predicted octanol–water partition coefficient (Wildman–Crippen LogP) is 0.173. The summed E-state index contributed by atoms with van der Waals surface area (Å²) in [6.07, 6.45) is -0.721. The predicted molar refractivity (Wildman–Crippen MR) is 45.0 cm³/mol. The van der Waals surface area contributed by atoms with Crippen molar-refractivity contribution in [1.82, 2.24) is 4.90 Å². The Hall–Kier alpha value is -1.59. The fraction of sp³-hybridized carbons (Fsp3) is 0.625. The van der Waals surface area contributed by atoms with Crippen LogP contribution in [0, 0.1) is 0 Å². The largest absolute Gasteiger partial charge is 0.481 e. The number of carboxylic acid groups (broad SMARTS) is 2. The van der Waals surface area contributed by atoms with Gasteiger partial charge < -0.3 is 10.2 Å². The fourth-order valence-electron chi connectivity index (χ4n) is 1.60. The van der Waals surface area contributed by atoms with E-state index in [4.69, 9.17) is 10.2 Å². The number of amides is 1. The van der Waals surface area contributed by atoms with Crippen LogP contribution in [-0.2, 0) is 9.59 Å². The van der Waals surface area contributed by atoms with Crippen molar-refractivity contribution in [3.8, 4) is 0 Å². The molecular formula is C8H11NO5. The van der Waals surface area contributed by atoms with Crippen molar-refractivity contribution < 1.29 is 24.6 Å². The van der Waals surface area contributed by atoms with Gasteiger partial charge in [-0.05, 0) is 12.8 Å². The normalized spacial score (nSPS) is 20.9. The van der Waals surface area contributed by atoms with Gasteiger partial charge in [0.15, 0.2) is 5.78 Å². The van der Waals surface area contributed by atoms with Gasteiger partial charge in [0.25, 0.3) is 0 Å². The van der Waals surface area contributed by atoms with Crippen molar-refractivity contribution in [3.63, 3.8) is 0 Å². The second-order valence-corrected chi connectivity index (χ2v) is 3.17. The standard InChI is InChI=1S/C8H11NO5/c10-6(4-7(11)12)5-2-1-3-9(5)8(13)14/h5H,1-4H2,(H,11,12)(H,13,14). The van der Waals surface area contributed by atoms with E-state index in [1.54, 1.807) is 0 Å². The van der Waals surface area contributed by atoms with Crippen LogP contribution in [0.1, 0.15) is 19.3 Å². The Kier molecular flexibility index (Phi) is 3.06. The smallest absolute Gasteiger partial charge is 0.407 e. The zero-order valence-electron chi connectivity index (χ0n) is 7.47. The Morgan fingerprint density at radius 1 is 1.29 bits per heavy atom. The van der Waals surface area contributed by atoms with Crippen LogP contribution in [0.3, 0.4) is 0 Å². The zero-order valence-corrected chi connectivity index (χ0v) is 7.47. The third-order valence-corrected chi connectivity index (χ3v) is 2.20. The minimum Gasteiger partial charge on any atom is -0.481 e. The Bertz CT molecular complexity index is 275. The third-order valence-electron chi connectivity index (χ3n) is 2.20. The van der Waals surface area contributed by atoms with Crippen molar-refractivity contribution in [2.24, 2.45) is 0 Å². The summed E-state index contributed by atoms with van der Waals surface area (Å²) in [6.45, 7) is 0.311. The molecule has 1 aliphatic heterocycles. The SMILES string of the molecule is O=C(O)CC(=O)C1CCCN1C(=O)O. The number of nitrogens with zero attached hydrogens (tertiary/aromatic N) is 1. The van der Waals surface area contributed by atoms with Crippen molar-refractivity contribution in [3.05, 3.63) is 0 Å². The summed E-state index contributed by atoms with van der Waals surface area (Å²) in [4.78, 5) is 33.2. The van der Waals surface area contributed by atoms with Crippen LogP contribution in [0.2, 0.25) is 0 Å². The van der Waals surface area contributed by atoms with Gasteiger partial charge in [-0.1, -0.05) is 0 Å². The van der Waals surface area contributed by atoms with Gasteiger partial charge in [0.05, 0.1) is 6.04 Å². The highest BCUT2D eigenvalue weighted by Gasteiger charge is 2.34. The summed E-state index contributed by atoms with van der Waals surface area (Å²) in [5, 5.41) is 17.1. The van der Waals surface area contributed by atoms with E-state index in [-0.39, 0.29) is 0 Å². The minimum absolute atomic E-state index is 0.311. The summed E-state index contributed by atoms with van der Waals surface area (Å²) in [5.41, 5.74) is 0. The quantitative estimate of drug-likeness (QED) is 0.635. The number of ketones is 1. The molecule has 1 saturated heterocycles. The van der Waals surface area contributed by atoms with Gasteiger partial charge in [0.1, 0.15) is 6.42 Å². The maximum atomic E-state index is 11.3. The summed E-state index contributed by atoms with van der Waals surface area (Å²) >= 11 is 0. The molecule has 0 aromatic carbocycles. The van der Waals surface area contributed by atoms with Gasteiger partial charge in [-0.25, -0.2) is 4.79 Å². The molecule has 78 valence electrons. The molecule has 1 heterocycles. The van der Waals surface area contributed by atoms with Crippen molar-refractivity contribution in [2.45, 2.75) is 25.3 Å². The van der Waals surface area contributed by atoms with E-state index in [9.17, 15) is 14.4 Å². The van der Waals surface area contributed by atoms with Crippen LogP contribution in [0.15, 0.2) is 0 Å². The van der Waals surface area contributed by atoms with E-state index in [0.29, 0.717) is 19.4 Å². The molecule has 0 aliphatic carbocycles. The van der Waals surface area contributed by atoms with E-state index >= 15 is 0 Å². The second-order valence-electron chi connectivity index (χ2n) is 3.17. The Balaban J connectivity index is 2.62. The van der Waals surface area contributed by atoms with Gasteiger partial charge in [-0.15, -0.1) is 0 Å². The van der Waals surface area contributed by atoms with Crippen LogP contribution in [0.4, 0.5) is 4.79 Å². The van der Waals surface area contributed by atoms with E-state index in [0.717, 1.165) is 4.90 Å². The lowest BCUT2D eigenvalue weighted by Gasteiger charge is -2.19. The molecule has 1 atom stereocenters. The lowest BCUT2D eigenvalue weighted by molar-refractivity contribution is -0.141. The number of carbonyl (C=O) groups excluding carboxylic acids is 1. The number of Topliss-reactive ketones (excluding diaryl/α,β-unsaturated/α-hetero) is 1. The zero-order chi connectivity index (χ0) is 10.7. The van der Waals surface area contributed by atoms with Crippen LogP contribution in [0.25, 0.3) is 0 Å². The first-order valence-corrected chi connectivity index (χ1v) is 4.26. The summed E-state index contributed by atoms with van der Waals surface area (Å²) in [6, 6.07) is -0.761. The Labute approximate surface area is 80.1 Å². The van der Waals surface area contributed by atoms with Crippen LogP contribution < -0.4 is 0 Å². The number of aliphatic carboxylic acids is 1. The highest BCUT2D eigenvalue weighted by atomic mass is 16.4. The van der Waals surface area contributed by atoms with Crippen LogP contribution >= 0.6 is 0 Å². The van der Waals surface area contributed by atoms with E-state index in [2.05, 4.69) is 0 Å². The lowest BCUT2D eigenvalue weighted by atomic mass is 10.1. The molecule has 1 rings (SSSR count). The molecule has 0 bridgehead atoms. The first kappa shape index (κ1) is 10.5. The fourth-order valence-corrected chi connectivity index (χ4v) is 1.60. The number of likely N-dealkylation sites (tertiary alicyclic amines) is 1. The third kappa shape index (κ3) is 2.21. The molecule has 6 heteroatoms. The molecule has 1 fully saturated rings. The summed E-state index contributed by atoms with van der Waals surface area (Å²) < 4.78 is 0. The molecule has 0 saturated carbocycles. The number of rotatable bonds is 3. The molecule has 0 spiro atoms. The maximum Gasteiger partial charge on any atom is 0.407 e. The molecule has 14 heavy (non-hydrogen) atoms. The highest BCUT2D eigenvalue weighted by Crippen LogP contribution is 2.18. The number of carboxylic acids is 1. The van der Waals surface area contributed by atoms with Gasteiger partial charge in [0, 0.05) is 6.54 Å². The minimum atomic E-state index is -1.22. The average molecular weight is 201 g/mol. The number of hydrogen-bond donors (Lipinski definition) is 2. The van der Waals surface area contributed by atoms with Gasteiger partial charge in [0.2, 0.25) is 0 Å². The van der Waals surface area contributed by atoms with Gasteiger partial charge in [-0.3, -0.25) is 14.5 Å². The molecule has 0 aromatic rings. The van der Waals surface area contributed by atoms with Crippen LogP contribution in [-0.4, -0.2) is 45.5 Å². The van der Waals surface area contributed by atoms with Crippen molar-refractivity contribution in [1.29, 1.82) is 0 Å². The summed E-state index contributed by atoms with van der Waals surface area (Å²) in [5.74, 6) is -1.75. The van der Waals surface area contributed by atoms with Crippen molar-refractivity contribution >= 4 is 17.8 Å². The molecule has 1 aliphatic rings. The van der Waals surface area contributed by atoms with Crippen LogP contribution in [0.5, 0.6) is 0 Å². The van der Waals surface area contributed by atoms with Crippen molar-refractivity contribution in [2.75, 3.05) is 6.54 Å². The average Bonchev–Trinajstić information content (AvgIpc) is 2.49. The Morgan fingerprint density at radius 2 is 1.93 bits per heavy atom. The second kappa shape index (κ2) is 4.08. The topological polar surface area (TPSA) is 94.9 Å². The first-order chi connectivity index (χ1) is 6.52. The highest BCUT2D eigenvalue weighted by molar-refractivity contribution is 5.99. The molecule has 0 aromatic heterocycles. The molecule has 0 radical (unpaired) electrons. The lowest BCUT2D eigenvalue weighted by Crippen LogP contribution is -2.40. The first-order valence-electron chi connectivity index (χ1n) is 4.26. The Morgan fingerprint density at radius 3 is 2.43 bits per heavy atom. The molecule has 1 amide bonds. The number of carbonyl (C=O) groups is 3. The maximum absolute atomic E-state index is 11.3. The monoisotopic (exact) mass is 201 g/mol. The molecule has 2 N–H and O–H groups in total. The van der Waals surface area contributed by atoms with Gasteiger partial charge in [-0.2, -0.15) is 0 Å². The van der Waals surface area contributed by atoms with E-state index < -0.39 is 30.3 Å². The number of hydrogen-bond acceptors (Lipinski definition) is 3. The molecule has 1 unspecified atom stereocenters. The van der Waals surface area contributed by atoms with E-state index in [1.165, 1.54) is 0 Å².